The molecule has 11 heteroatoms. The molecule has 1 aliphatic heterocycles. The lowest BCUT2D eigenvalue weighted by Crippen LogP contribution is -2.40. The summed E-state index contributed by atoms with van der Waals surface area (Å²) in [6.07, 6.45) is 0. The second-order valence-corrected chi connectivity index (χ2v) is 9.95. The number of nitrogens with zero attached hydrogens (tertiary/aromatic N) is 5. The Kier molecular flexibility index (Phi) is 5.03. The van der Waals surface area contributed by atoms with Crippen LogP contribution in [0.2, 0.25) is 5.02 Å². The Morgan fingerprint density at radius 2 is 1.80 bits per heavy atom. The summed E-state index contributed by atoms with van der Waals surface area (Å²) in [4.78, 5) is 0.777. The maximum atomic E-state index is 13.0. The van der Waals surface area contributed by atoms with Gasteiger partial charge in [-0.25, -0.2) is 8.42 Å². The van der Waals surface area contributed by atoms with Gasteiger partial charge in [-0.1, -0.05) is 53.3 Å². The zero-order valence-electron chi connectivity index (χ0n) is 15.6. The van der Waals surface area contributed by atoms with Gasteiger partial charge in [-0.3, -0.25) is 0 Å². The molecular formula is C19H16ClN5O3S2. The fourth-order valence-corrected chi connectivity index (χ4v) is 5.83. The highest BCUT2D eigenvalue weighted by atomic mass is 35.5. The molecule has 0 saturated carbocycles. The number of sulfonamides is 1. The topological polar surface area (TPSA) is 89.7 Å². The summed E-state index contributed by atoms with van der Waals surface area (Å²) < 4.78 is 34.4. The number of halogens is 1. The van der Waals surface area contributed by atoms with Gasteiger partial charge < -0.3 is 4.74 Å². The standard InChI is InChI=1S/C19H16ClN5O3S2/c20-16-7-6-14(30(26,27)24-8-10-28-11-9-24)12-15(16)18-23-25-17(21-22-19(25)29-18)13-4-2-1-3-5-13/h1-7,12H,8-11H2. The molecule has 0 aliphatic carbocycles. The van der Waals surface area contributed by atoms with E-state index in [9.17, 15) is 8.42 Å². The van der Waals surface area contributed by atoms with Crippen LogP contribution in [0, 0.1) is 0 Å². The maximum Gasteiger partial charge on any atom is 0.243 e. The molecule has 5 rings (SSSR count). The summed E-state index contributed by atoms with van der Waals surface area (Å²) in [6.45, 7) is 1.44. The average molecular weight is 462 g/mol. The highest BCUT2D eigenvalue weighted by molar-refractivity contribution is 7.89. The van der Waals surface area contributed by atoms with Gasteiger partial charge in [0, 0.05) is 24.2 Å². The number of fused-ring (bicyclic) bond motifs is 1. The summed E-state index contributed by atoms with van der Waals surface area (Å²) in [7, 11) is -3.64. The van der Waals surface area contributed by atoms with Crippen LogP contribution in [-0.2, 0) is 14.8 Å². The molecule has 1 saturated heterocycles. The number of rotatable bonds is 4. The molecule has 1 aliphatic rings. The van der Waals surface area contributed by atoms with Crippen LogP contribution < -0.4 is 0 Å². The summed E-state index contributed by atoms with van der Waals surface area (Å²) in [6, 6.07) is 14.3. The van der Waals surface area contributed by atoms with Crippen molar-refractivity contribution in [2.24, 2.45) is 0 Å². The zero-order chi connectivity index (χ0) is 20.7. The van der Waals surface area contributed by atoms with Crippen LogP contribution in [0.5, 0.6) is 0 Å². The van der Waals surface area contributed by atoms with Gasteiger partial charge in [0.25, 0.3) is 0 Å². The molecule has 8 nitrogen and oxygen atoms in total. The van der Waals surface area contributed by atoms with E-state index >= 15 is 0 Å². The summed E-state index contributed by atoms with van der Waals surface area (Å²) in [5.74, 6) is 0.612. The minimum absolute atomic E-state index is 0.179. The van der Waals surface area contributed by atoms with E-state index in [1.165, 1.54) is 21.7 Å². The molecule has 2 aromatic carbocycles. The fraction of sp³-hybridized carbons (Fsp3) is 0.211. The highest BCUT2D eigenvalue weighted by Gasteiger charge is 2.27. The molecule has 154 valence electrons. The molecule has 30 heavy (non-hydrogen) atoms. The molecule has 1 fully saturated rings. The first-order valence-corrected chi connectivity index (χ1v) is 11.8. The zero-order valence-corrected chi connectivity index (χ0v) is 18.0. The predicted octanol–water partition coefficient (Wildman–Crippen LogP) is 3.19. The lowest BCUT2D eigenvalue weighted by Gasteiger charge is -2.26. The lowest BCUT2D eigenvalue weighted by atomic mass is 10.2. The van der Waals surface area contributed by atoms with Gasteiger partial charge in [-0.15, -0.1) is 10.2 Å². The Morgan fingerprint density at radius 1 is 1.03 bits per heavy atom. The number of morpholine rings is 1. The van der Waals surface area contributed by atoms with Crippen molar-refractivity contribution < 1.29 is 13.2 Å². The van der Waals surface area contributed by atoms with Crippen LogP contribution in [0.25, 0.3) is 26.9 Å². The fourth-order valence-electron chi connectivity index (χ4n) is 3.26. The Balaban J connectivity index is 1.57. The van der Waals surface area contributed by atoms with Gasteiger partial charge >= 0.3 is 0 Å². The van der Waals surface area contributed by atoms with Crippen LogP contribution in [0.4, 0.5) is 0 Å². The van der Waals surface area contributed by atoms with Crippen molar-refractivity contribution in [2.45, 2.75) is 4.90 Å². The van der Waals surface area contributed by atoms with E-state index in [1.807, 2.05) is 30.3 Å². The van der Waals surface area contributed by atoms with Gasteiger partial charge in [0.1, 0.15) is 5.01 Å². The molecule has 0 atom stereocenters. The van der Waals surface area contributed by atoms with Crippen LogP contribution in [-0.4, -0.2) is 58.8 Å². The van der Waals surface area contributed by atoms with Crippen molar-refractivity contribution in [1.29, 1.82) is 0 Å². The van der Waals surface area contributed by atoms with Crippen molar-refractivity contribution >= 4 is 37.9 Å². The summed E-state index contributed by atoms with van der Waals surface area (Å²) in [5, 5.41) is 14.0. The quantitative estimate of drug-likeness (QED) is 0.463. The predicted molar refractivity (Wildman–Crippen MR) is 114 cm³/mol. The Bertz CT molecular complexity index is 1310. The van der Waals surface area contributed by atoms with Crippen molar-refractivity contribution in [3.63, 3.8) is 0 Å². The van der Waals surface area contributed by atoms with E-state index in [0.717, 1.165) is 5.56 Å². The molecular weight excluding hydrogens is 446 g/mol. The Morgan fingerprint density at radius 3 is 2.57 bits per heavy atom. The van der Waals surface area contributed by atoms with Crippen molar-refractivity contribution in [3.05, 3.63) is 53.6 Å². The monoisotopic (exact) mass is 461 g/mol. The minimum Gasteiger partial charge on any atom is -0.379 e. The third-order valence-electron chi connectivity index (χ3n) is 4.80. The largest absolute Gasteiger partial charge is 0.379 e. The molecule has 0 amide bonds. The maximum absolute atomic E-state index is 13.0. The molecule has 3 heterocycles. The molecule has 2 aromatic heterocycles. The van der Waals surface area contributed by atoms with Crippen LogP contribution >= 0.6 is 22.9 Å². The van der Waals surface area contributed by atoms with E-state index in [4.69, 9.17) is 16.3 Å². The number of benzene rings is 2. The molecule has 0 radical (unpaired) electrons. The number of ether oxygens (including phenoxy) is 1. The van der Waals surface area contributed by atoms with Gasteiger partial charge in [0.15, 0.2) is 5.82 Å². The van der Waals surface area contributed by atoms with E-state index in [-0.39, 0.29) is 4.90 Å². The highest BCUT2D eigenvalue weighted by Crippen LogP contribution is 2.35. The summed E-state index contributed by atoms with van der Waals surface area (Å²) in [5.41, 5.74) is 1.43. The van der Waals surface area contributed by atoms with Crippen LogP contribution in [0.15, 0.2) is 53.4 Å². The molecule has 0 bridgehead atoms. The normalized spacial score (nSPS) is 15.6. The molecule has 0 unspecified atom stereocenters. The summed E-state index contributed by atoms with van der Waals surface area (Å²) >= 11 is 7.71. The first kappa shape index (κ1) is 19.6. The van der Waals surface area contributed by atoms with E-state index in [2.05, 4.69) is 15.3 Å². The third-order valence-corrected chi connectivity index (χ3v) is 7.96. The van der Waals surface area contributed by atoms with E-state index in [0.29, 0.717) is 52.7 Å². The first-order valence-electron chi connectivity index (χ1n) is 9.19. The Hall–Kier alpha value is -2.37. The van der Waals surface area contributed by atoms with Gasteiger partial charge in [-0.2, -0.15) is 13.9 Å². The minimum atomic E-state index is -3.64. The molecule has 4 aromatic rings. The SMILES string of the molecule is O=S(=O)(c1ccc(Cl)c(-c2nn3c(-c4ccccc4)nnc3s2)c1)N1CCOCC1. The van der Waals surface area contributed by atoms with Crippen molar-refractivity contribution in [3.8, 4) is 22.0 Å². The second kappa shape index (κ2) is 7.71. The van der Waals surface area contributed by atoms with Crippen molar-refractivity contribution in [1.82, 2.24) is 24.1 Å². The van der Waals surface area contributed by atoms with Gasteiger partial charge in [0.05, 0.1) is 23.1 Å². The van der Waals surface area contributed by atoms with Crippen molar-refractivity contribution in [2.75, 3.05) is 26.3 Å². The van der Waals surface area contributed by atoms with E-state index in [1.54, 1.807) is 16.6 Å². The molecule has 0 N–H and O–H groups in total. The number of hydrogen-bond acceptors (Lipinski definition) is 7. The lowest BCUT2D eigenvalue weighted by molar-refractivity contribution is 0.0730. The smallest absolute Gasteiger partial charge is 0.243 e. The number of aromatic nitrogens is 4. The number of hydrogen-bond donors (Lipinski definition) is 0. The average Bonchev–Trinajstić information content (AvgIpc) is 3.36. The van der Waals surface area contributed by atoms with E-state index < -0.39 is 10.0 Å². The van der Waals surface area contributed by atoms with Gasteiger partial charge in [-0.05, 0) is 18.2 Å². The van der Waals surface area contributed by atoms with Gasteiger partial charge in [0.2, 0.25) is 15.0 Å². The molecule has 0 spiro atoms. The first-order chi connectivity index (χ1) is 14.5. The van der Waals surface area contributed by atoms with Crippen LogP contribution in [0.3, 0.4) is 0 Å². The van der Waals surface area contributed by atoms with Crippen LogP contribution in [0.1, 0.15) is 0 Å². The third kappa shape index (κ3) is 3.40. The second-order valence-electron chi connectivity index (χ2n) is 6.65. The Labute approximate surface area is 181 Å².